The maximum absolute atomic E-state index is 5.94. The van der Waals surface area contributed by atoms with Gasteiger partial charge in [-0.25, -0.2) is 0 Å². The number of fused-ring (bicyclic) bond motifs is 7. The van der Waals surface area contributed by atoms with Gasteiger partial charge < -0.3 is 9.40 Å². The van der Waals surface area contributed by atoms with Gasteiger partial charge in [0, 0.05) is 21.7 Å². The van der Waals surface area contributed by atoms with Crippen LogP contribution in [0.4, 0.5) is 0 Å². The summed E-state index contributed by atoms with van der Waals surface area (Å²) < 4.78 is 5.94. The molecular formula is C18H11NO. The lowest BCUT2D eigenvalue weighted by Gasteiger charge is -1.93. The lowest BCUT2D eigenvalue weighted by Crippen LogP contribution is -1.71. The fraction of sp³-hybridized carbons (Fsp3) is 0. The van der Waals surface area contributed by atoms with Gasteiger partial charge in [-0.05, 0) is 24.3 Å². The normalized spacial score (nSPS) is 12.0. The number of benzene rings is 3. The topological polar surface area (TPSA) is 28.9 Å². The predicted octanol–water partition coefficient (Wildman–Crippen LogP) is 5.22. The van der Waals surface area contributed by atoms with Crippen molar-refractivity contribution in [1.82, 2.24) is 4.98 Å². The van der Waals surface area contributed by atoms with Gasteiger partial charge in [0.2, 0.25) is 0 Å². The Hall–Kier alpha value is -2.74. The molecule has 0 saturated heterocycles. The summed E-state index contributed by atoms with van der Waals surface area (Å²) in [5.74, 6) is 0. The highest BCUT2D eigenvalue weighted by atomic mass is 16.3. The zero-order valence-corrected chi connectivity index (χ0v) is 10.7. The average molecular weight is 257 g/mol. The lowest BCUT2D eigenvalue weighted by molar-refractivity contribution is 0.669. The fourth-order valence-corrected chi connectivity index (χ4v) is 3.13. The first-order valence-corrected chi connectivity index (χ1v) is 6.72. The SMILES string of the molecule is c1ccc2c(c1)[nH]c1c2ccc2oc3ccccc3c21. The van der Waals surface area contributed by atoms with Crippen LogP contribution in [0.3, 0.4) is 0 Å². The van der Waals surface area contributed by atoms with E-state index in [4.69, 9.17) is 4.42 Å². The minimum Gasteiger partial charge on any atom is -0.456 e. The third-order valence-corrected chi connectivity index (χ3v) is 4.02. The van der Waals surface area contributed by atoms with Gasteiger partial charge in [0.05, 0.1) is 10.9 Å². The Morgan fingerprint density at radius 1 is 0.650 bits per heavy atom. The van der Waals surface area contributed by atoms with Crippen LogP contribution in [0.2, 0.25) is 0 Å². The molecule has 2 aromatic heterocycles. The highest BCUT2D eigenvalue weighted by molar-refractivity contribution is 6.23. The van der Waals surface area contributed by atoms with E-state index < -0.39 is 0 Å². The Morgan fingerprint density at radius 3 is 2.40 bits per heavy atom. The van der Waals surface area contributed by atoms with Gasteiger partial charge in [0.15, 0.2) is 0 Å². The van der Waals surface area contributed by atoms with Crippen LogP contribution in [0.5, 0.6) is 0 Å². The van der Waals surface area contributed by atoms with Crippen molar-refractivity contribution in [2.75, 3.05) is 0 Å². The van der Waals surface area contributed by atoms with Crippen molar-refractivity contribution in [3.63, 3.8) is 0 Å². The van der Waals surface area contributed by atoms with Gasteiger partial charge in [0.1, 0.15) is 11.2 Å². The van der Waals surface area contributed by atoms with Crippen molar-refractivity contribution in [3.8, 4) is 0 Å². The maximum atomic E-state index is 5.94. The highest BCUT2D eigenvalue weighted by Crippen LogP contribution is 2.36. The number of furan rings is 1. The summed E-state index contributed by atoms with van der Waals surface area (Å²) in [4.78, 5) is 3.54. The smallest absolute Gasteiger partial charge is 0.137 e. The van der Waals surface area contributed by atoms with E-state index in [-0.39, 0.29) is 0 Å². The van der Waals surface area contributed by atoms with Crippen molar-refractivity contribution in [2.24, 2.45) is 0 Å². The number of nitrogens with one attached hydrogen (secondary N) is 1. The molecule has 0 radical (unpaired) electrons. The summed E-state index contributed by atoms with van der Waals surface area (Å²) in [6.45, 7) is 0. The third-order valence-electron chi connectivity index (χ3n) is 4.02. The molecule has 5 aromatic rings. The third kappa shape index (κ3) is 1.14. The summed E-state index contributed by atoms with van der Waals surface area (Å²) in [6, 6.07) is 20.8. The first kappa shape index (κ1) is 10.1. The van der Waals surface area contributed by atoms with Crippen LogP contribution in [0.1, 0.15) is 0 Å². The standard InChI is InChI=1S/C18H11NO/c1-3-7-14-11(5-1)12-9-10-16-17(18(12)19-14)13-6-2-4-8-15(13)20-16/h1-10,19H. The van der Waals surface area contributed by atoms with E-state index in [1.54, 1.807) is 0 Å². The predicted molar refractivity (Wildman–Crippen MR) is 83.1 cm³/mol. The molecule has 0 aliphatic heterocycles. The molecule has 2 heteroatoms. The molecule has 0 fully saturated rings. The molecule has 2 heterocycles. The minimum atomic E-state index is 0.935. The van der Waals surface area contributed by atoms with Crippen LogP contribution in [-0.4, -0.2) is 4.98 Å². The summed E-state index contributed by atoms with van der Waals surface area (Å²) in [5, 5.41) is 4.85. The van der Waals surface area contributed by atoms with Crippen molar-refractivity contribution < 1.29 is 4.42 Å². The molecule has 1 N–H and O–H groups in total. The van der Waals surface area contributed by atoms with E-state index in [0.29, 0.717) is 0 Å². The molecule has 0 aliphatic rings. The van der Waals surface area contributed by atoms with E-state index in [9.17, 15) is 0 Å². The van der Waals surface area contributed by atoms with Gasteiger partial charge in [-0.2, -0.15) is 0 Å². The van der Waals surface area contributed by atoms with E-state index in [1.807, 2.05) is 12.1 Å². The molecule has 94 valence electrons. The molecule has 2 nitrogen and oxygen atoms in total. The Labute approximate surface area is 114 Å². The molecule has 0 saturated carbocycles. The second-order valence-electron chi connectivity index (χ2n) is 5.13. The van der Waals surface area contributed by atoms with Crippen LogP contribution in [0.25, 0.3) is 43.7 Å². The number of para-hydroxylation sites is 2. The molecule has 0 spiro atoms. The Morgan fingerprint density at radius 2 is 1.45 bits per heavy atom. The molecule has 0 atom stereocenters. The zero-order valence-electron chi connectivity index (χ0n) is 10.7. The quantitative estimate of drug-likeness (QED) is 0.405. The summed E-state index contributed by atoms with van der Waals surface area (Å²) >= 11 is 0. The second-order valence-corrected chi connectivity index (χ2v) is 5.13. The van der Waals surface area contributed by atoms with E-state index >= 15 is 0 Å². The molecule has 20 heavy (non-hydrogen) atoms. The lowest BCUT2D eigenvalue weighted by atomic mass is 10.1. The van der Waals surface area contributed by atoms with Gasteiger partial charge >= 0.3 is 0 Å². The van der Waals surface area contributed by atoms with Crippen molar-refractivity contribution in [3.05, 3.63) is 60.7 Å². The van der Waals surface area contributed by atoms with Crippen molar-refractivity contribution in [2.45, 2.75) is 0 Å². The summed E-state index contributed by atoms with van der Waals surface area (Å²) in [7, 11) is 0. The first-order chi connectivity index (χ1) is 9.92. The van der Waals surface area contributed by atoms with Crippen LogP contribution in [-0.2, 0) is 0 Å². The monoisotopic (exact) mass is 257 g/mol. The molecule has 0 aliphatic carbocycles. The molecule has 0 unspecified atom stereocenters. The minimum absolute atomic E-state index is 0.935. The molecule has 0 bridgehead atoms. The van der Waals surface area contributed by atoms with Crippen LogP contribution < -0.4 is 0 Å². The Bertz CT molecular complexity index is 1100. The number of hydrogen-bond donors (Lipinski definition) is 1. The van der Waals surface area contributed by atoms with Gasteiger partial charge in [-0.15, -0.1) is 0 Å². The average Bonchev–Trinajstić information content (AvgIpc) is 3.04. The number of H-pyrrole nitrogens is 1. The molecular weight excluding hydrogens is 246 g/mol. The van der Waals surface area contributed by atoms with E-state index in [0.717, 1.165) is 16.7 Å². The van der Waals surface area contributed by atoms with Gasteiger partial charge in [-0.1, -0.05) is 36.4 Å². The highest BCUT2D eigenvalue weighted by Gasteiger charge is 2.12. The van der Waals surface area contributed by atoms with Gasteiger partial charge in [0.25, 0.3) is 0 Å². The maximum Gasteiger partial charge on any atom is 0.137 e. The Balaban J connectivity index is 2.14. The number of aromatic amines is 1. The number of aromatic nitrogens is 1. The van der Waals surface area contributed by atoms with E-state index in [1.165, 1.54) is 27.1 Å². The number of rotatable bonds is 0. The zero-order chi connectivity index (χ0) is 13.1. The van der Waals surface area contributed by atoms with E-state index in [2.05, 4.69) is 53.5 Å². The molecule has 3 aromatic carbocycles. The van der Waals surface area contributed by atoms with Crippen molar-refractivity contribution >= 4 is 43.7 Å². The van der Waals surface area contributed by atoms with Crippen LogP contribution in [0.15, 0.2) is 65.1 Å². The fourth-order valence-electron chi connectivity index (χ4n) is 3.13. The van der Waals surface area contributed by atoms with Crippen LogP contribution in [0, 0.1) is 0 Å². The molecule has 0 amide bonds. The van der Waals surface area contributed by atoms with Crippen molar-refractivity contribution in [1.29, 1.82) is 0 Å². The van der Waals surface area contributed by atoms with Crippen LogP contribution >= 0.6 is 0 Å². The summed E-state index contributed by atoms with van der Waals surface area (Å²) in [5.41, 5.74) is 4.20. The summed E-state index contributed by atoms with van der Waals surface area (Å²) in [6.07, 6.45) is 0. The second kappa shape index (κ2) is 3.42. The van der Waals surface area contributed by atoms with Gasteiger partial charge in [-0.3, -0.25) is 0 Å². The number of hydrogen-bond acceptors (Lipinski definition) is 1. The Kier molecular flexibility index (Phi) is 1.73. The first-order valence-electron chi connectivity index (χ1n) is 6.72. The largest absolute Gasteiger partial charge is 0.456 e. The molecule has 5 rings (SSSR count).